The van der Waals surface area contributed by atoms with Gasteiger partial charge in [0.1, 0.15) is 0 Å². The predicted molar refractivity (Wildman–Crippen MR) is 96.7 cm³/mol. The number of carbonyl (C=O) groups excluding carboxylic acids is 2. The number of rotatable bonds is 5. The molecule has 128 valence electrons. The highest BCUT2D eigenvalue weighted by Crippen LogP contribution is 2.22. The van der Waals surface area contributed by atoms with Crippen LogP contribution in [0.25, 0.3) is 0 Å². The van der Waals surface area contributed by atoms with Gasteiger partial charge in [0.15, 0.2) is 0 Å². The molecule has 1 saturated carbocycles. The molecule has 2 unspecified atom stereocenters. The summed E-state index contributed by atoms with van der Waals surface area (Å²) in [4.78, 5) is 23.9. The Morgan fingerprint density at radius 2 is 1.78 bits per heavy atom. The maximum atomic E-state index is 12.0. The third-order valence-electron chi connectivity index (χ3n) is 3.90. The first kappa shape index (κ1) is 19.9. The molecule has 0 bridgehead atoms. The van der Waals surface area contributed by atoms with Crippen LogP contribution in [-0.4, -0.2) is 30.9 Å². The lowest BCUT2D eigenvalue weighted by atomic mass is 9.85. The number of benzene rings is 1. The smallest absolute Gasteiger partial charge is 0.251 e. The third kappa shape index (κ3) is 6.49. The minimum atomic E-state index is -0.138. The summed E-state index contributed by atoms with van der Waals surface area (Å²) in [6, 6.07) is 7.29. The Labute approximate surface area is 151 Å². The number of hydrogen-bond donors (Lipinski definition) is 3. The van der Waals surface area contributed by atoms with Crippen molar-refractivity contribution in [2.45, 2.75) is 31.7 Å². The Balaban J connectivity index is 0.00000264. The van der Waals surface area contributed by atoms with E-state index < -0.39 is 0 Å². The van der Waals surface area contributed by atoms with Gasteiger partial charge in [0.05, 0.1) is 0 Å². The van der Waals surface area contributed by atoms with Gasteiger partial charge in [-0.1, -0.05) is 22.4 Å². The summed E-state index contributed by atoms with van der Waals surface area (Å²) < 4.78 is 0.932. The molecule has 1 aromatic carbocycles. The van der Waals surface area contributed by atoms with Crippen LogP contribution in [0.3, 0.4) is 0 Å². The fourth-order valence-corrected chi connectivity index (χ4v) is 2.94. The van der Waals surface area contributed by atoms with E-state index in [1.54, 1.807) is 12.1 Å². The van der Waals surface area contributed by atoms with Gasteiger partial charge in [-0.05, 0) is 43.5 Å². The number of halogens is 2. The van der Waals surface area contributed by atoms with Crippen molar-refractivity contribution in [3.63, 3.8) is 0 Å². The highest BCUT2D eigenvalue weighted by Gasteiger charge is 2.24. The van der Waals surface area contributed by atoms with E-state index in [2.05, 4.69) is 26.6 Å². The Kier molecular flexibility index (Phi) is 8.58. The molecule has 1 aliphatic rings. The van der Waals surface area contributed by atoms with Crippen LogP contribution >= 0.6 is 28.3 Å². The van der Waals surface area contributed by atoms with Crippen molar-refractivity contribution < 1.29 is 9.59 Å². The molecule has 1 fully saturated rings. The average Bonchev–Trinajstić information content (AvgIpc) is 2.51. The molecule has 2 rings (SSSR count). The summed E-state index contributed by atoms with van der Waals surface area (Å²) in [5.74, 6) is -0.0691. The van der Waals surface area contributed by atoms with Crippen LogP contribution in [-0.2, 0) is 4.79 Å². The molecular weight excluding hydrogens is 382 g/mol. The zero-order valence-electron chi connectivity index (χ0n) is 12.9. The minimum absolute atomic E-state index is 0. The summed E-state index contributed by atoms with van der Waals surface area (Å²) in [5, 5.41) is 5.66. The third-order valence-corrected chi connectivity index (χ3v) is 4.43. The Bertz CT molecular complexity index is 525. The number of amides is 2. The molecule has 2 amide bonds. The molecule has 0 heterocycles. The van der Waals surface area contributed by atoms with Crippen molar-refractivity contribution in [3.05, 3.63) is 34.3 Å². The van der Waals surface area contributed by atoms with E-state index >= 15 is 0 Å². The van der Waals surface area contributed by atoms with Crippen LogP contribution < -0.4 is 16.4 Å². The summed E-state index contributed by atoms with van der Waals surface area (Å²) in [5.41, 5.74) is 6.50. The molecule has 0 aliphatic heterocycles. The summed E-state index contributed by atoms with van der Waals surface area (Å²) >= 11 is 3.33. The van der Waals surface area contributed by atoms with Crippen LogP contribution in [0.15, 0.2) is 28.7 Å². The van der Waals surface area contributed by atoms with E-state index in [-0.39, 0.29) is 36.2 Å². The zero-order valence-corrected chi connectivity index (χ0v) is 15.3. The quantitative estimate of drug-likeness (QED) is 0.658. The van der Waals surface area contributed by atoms with Gasteiger partial charge in [-0.25, -0.2) is 0 Å². The molecule has 2 atom stereocenters. The highest BCUT2D eigenvalue weighted by atomic mass is 79.9. The molecule has 1 aliphatic carbocycles. The molecule has 0 spiro atoms. The van der Waals surface area contributed by atoms with Crippen molar-refractivity contribution in [1.29, 1.82) is 0 Å². The summed E-state index contributed by atoms with van der Waals surface area (Å²) in [6.07, 6.45) is 3.69. The number of carbonyl (C=O) groups is 2. The summed E-state index contributed by atoms with van der Waals surface area (Å²) in [6.45, 7) is 0.853. The van der Waals surface area contributed by atoms with Gasteiger partial charge in [-0.2, -0.15) is 0 Å². The van der Waals surface area contributed by atoms with E-state index in [9.17, 15) is 9.59 Å². The SMILES string of the molecule is Cl.NC1CCCC(C(=O)NCCNC(=O)c2ccc(Br)cc2)C1. The number of nitrogens with two attached hydrogens (primary N) is 1. The van der Waals surface area contributed by atoms with Gasteiger partial charge in [0.2, 0.25) is 5.91 Å². The Morgan fingerprint density at radius 1 is 1.13 bits per heavy atom. The molecular formula is C16H23BrClN3O2. The molecule has 0 saturated heterocycles. The van der Waals surface area contributed by atoms with Crippen molar-refractivity contribution >= 4 is 40.2 Å². The van der Waals surface area contributed by atoms with E-state index in [0.29, 0.717) is 18.7 Å². The fourth-order valence-electron chi connectivity index (χ4n) is 2.68. The number of nitrogens with one attached hydrogen (secondary N) is 2. The fraction of sp³-hybridized carbons (Fsp3) is 0.500. The standard InChI is InChI=1S/C16H22BrN3O2.ClH/c17-13-6-4-11(5-7-13)15(21)19-8-9-20-16(22)12-2-1-3-14(18)10-12;/h4-7,12,14H,1-3,8-10,18H2,(H,19,21)(H,20,22);1H. The van der Waals surface area contributed by atoms with Crippen LogP contribution in [0.1, 0.15) is 36.0 Å². The van der Waals surface area contributed by atoms with E-state index in [1.807, 2.05) is 12.1 Å². The van der Waals surface area contributed by atoms with Crippen molar-refractivity contribution in [2.24, 2.45) is 11.7 Å². The molecule has 5 nitrogen and oxygen atoms in total. The van der Waals surface area contributed by atoms with E-state index in [4.69, 9.17) is 5.73 Å². The second kappa shape index (κ2) is 9.90. The molecule has 0 aromatic heterocycles. The van der Waals surface area contributed by atoms with Gasteiger partial charge >= 0.3 is 0 Å². The highest BCUT2D eigenvalue weighted by molar-refractivity contribution is 9.10. The van der Waals surface area contributed by atoms with Crippen LogP contribution in [0.2, 0.25) is 0 Å². The van der Waals surface area contributed by atoms with Crippen LogP contribution in [0.4, 0.5) is 0 Å². The van der Waals surface area contributed by atoms with Crippen molar-refractivity contribution in [3.8, 4) is 0 Å². The first-order valence-corrected chi connectivity index (χ1v) is 8.42. The zero-order chi connectivity index (χ0) is 15.9. The predicted octanol–water partition coefficient (Wildman–Crippen LogP) is 2.23. The maximum Gasteiger partial charge on any atom is 0.251 e. The monoisotopic (exact) mass is 403 g/mol. The van der Waals surface area contributed by atoms with Crippen LogP contribution in [0.5, 0.6) is 0 Å². The van der Waals surface area contributed by atoms with Gasteiger partial charge in [0, 0.05) is 35.1 Å². The maximum absolute atomic E-state index is 12.0. The second-order valence-electron chi connectivity index (χ2n) is 5.68. The normalized spacial score (nSPS) is 20.3. The van der Waals surface area contributed by atoms with Crippen molar-refractivity contribution in [2.75, 3.05) is 13.1 Å². The first-order valence-electron chi connectivity index (χ1n) is 7.63. The van der Waals surface area contributed by atoms with Gasteiger partial charge < -0.3 is 16.4 Å². The lowest BCUT2D eigenvalue weighted by molar-refractivity contribution is -0.126. The molecule has 23 heavy (non-hydrogen) atoms. The Hall–Kier alpha value is -1.11. The molecule has 0 radical (unpaired) electrons. The van der Waals surface area contributed by atoms with Gasteiger partial charge in [-0.15, -0.1) is 12.4 Å². The average molecular weight is 405 g/mol. The lowest BCUT2D eigenvalue weighted by Crippen LogP contribution is -2.40. The van der Waals surface area contributed by atoms with Gasteiger partial charge in [0.25, 0.3) is 5.91 Å². The van der Waals surface area contributed by atoms with E-state index in [1.165, 1.54) is 0 Å². The molecule has 1 aromatic rings. The van der Waals surface area contributed by atoms with Gasteiger partial charge in [-0.3, -0.25) is 9.59 Å². The second-order valence-corrected chi connectivity index (χ2v) is 6.59. The minimum Gasteiger partial charge on any atom is -0.354 e. The molecule has 7 heteroatoms. The van der Waals surface area contributed by atoms with Crippen molar-refractivity contribution in [1.82, 2.24) is 10.6 Å². The Morgan fingerprint density at radius 3 is 2.43 bits per heavy atom. The lowest BCUT2D eigenvalue weighted by Gasteiger charge is -2.25. The first-order chi connectivity index (χ1) is 10.6. The molecule has 4 N–H and O–H groups in total. The van der Waals surface area contributed by atoms with Crippen LogP contribution in [0, 0.1) is 5.92 Å². The largest absolute Gasteiger partial charge is 0.354 e. The van der Waals surface area contributed by atoms with E-state index in [0.717, 1.165) is 30.2 Å². The summed E-state index contributed by atoms with van der Waals surface area (Å²) in [7, 11) is 0. The number of hydrogen-bond acceptors (Lipinski definition) is 3. The topological polar surface area (TPSA) is 84.2 Å².